The summed E-state index contributed by atoms with van der Waals surface area (Å²) in [7, 11) is 0. The minimum Gasteiger partial charge on any atom is -0.489 e. The lowest BCUT2D eigenvalue weighted by Gasteiger charge is -2.15. The molecular weight excluding hydrogens is 290 g/mol. The highest BCUT2D eigenvalue weighted by Crippen LogP contribution is 2.29. The fourth-order valence-electron chi connectivity index (χ4n) is 1.63. The molecule has 0 radical (unpaired) electrons. The zero-order valence-corrected chi connectivity index (χ0v) is 13.0. The van der Waals surface area contributed by atoms with Crippen molar-refractivity contribution in [1.82, 2.24) is 5.32 Å². The van der Waals surface area contributed by atoms with Crippen LogP contribution in [0.15, 0.2) is 34.8 Å². The Balaban J connectivity index is 2.64. The van der Waals surface area contributed by atoms with Gasteiger partial charge in [0.15, 0.2) is 0 Å². The lowest BCUT2D eigenvalue weighted by atomic mass is 10.0. The van der Waals surface area contributed by atoms with Crippen molar-refractivity contribution in [3.63, 3.8) is 0 Å². The Morgan fingerprint density at radius 2 is 2.17 bits per heavy atom. The van der Waals surface area contributed by atoms with Gasteiger partial charge < -0.3 is 10.1 Å². The predicted octanol–water partition coefficient (Wildman–Crippen LogP) is 4.12. The first-order valence-electron chi connectivity index (χ1n) is 6.34. The zero-order chi connectivity index (χ0) is 13.5. The summed E-state index contributed by atoms with van der Waals surface area (Å²) < 4.78 is 6.94. The number of halogens is 1. The van der Waals surface area contributed by atoms with E-state index in [1.807, 2.05) is 12.1 Å². The van der Waals surface area contributed by atoms with Crippen molar-refractivity contribution in [2.75, 3.05) is 19.7 Å². The lowest BCUT2D eigenvalue weighted by Crippen LogP contribution is -2.19. The Kier molecular flexibility index (Phi) is 6.44. The summed E-state index contributed by atoms with van der Waals surface area (Å²) in [6.45, 7) is 12.7. The first-order chi connectivity index (χ1) is 8.54. The van der Waals surface area contributed by atoms with Crippen LogP contribution in [0, 0.1) is 0 Å². The summed E-state index contributed by atoms with van der Waals surface area (Å²) in [5.74, 6) is 1.39. The van der Waals surface area contributed by atoms with Crippen molar-refractivity contribution in [2.24, 2.45) is 0 Å². The topological polar surface area (TPSA) is 21.3 Å². The number of hydrogen-bond acceptors (Lipinski definition) is 2. The number of hydrogen-bond donors (Lipinski definition) is 1. The van der Waals surface area contributed by atoms with E-state index in [0.717, 1.165) is 28.9 Å². The van der Waals surface area contributed by atoms with Gasteiger partial charge in [0.2, 0.25) is 0 Å². The molecule has 0 atom stereocenters. The van der Waals surface area contributed by atoms with Gasteiger partial charge in [-0.3, -0.25) is 0 Å². The van der Waals surface area contributed by atoms with E-state index in [0.29, 0.717) is 12.5 Å². The normalized spacial score (nSPS) is 10.7. The van der Waals surface area contributed by atoms with Crippen LogP contribution in [0.3, 0.4) is 0 Å². The first-order valence-corrected chi connectivity index (χ1v) is 7.13. The van der Waals surface area contributed by atoms with E-state index in [-0.39, 0.29) is 0 Å². The standard InChI is InChI=1S/C15H22BrNO/c1-5-17-9-12(4)10-18-15-7-6-13(16)8-14(15)11(2)3/h6-8,11,17H,4-5,9-10H2,1-3H3. The number of rotatable bonds is 7. The maximum Gasteiger partial charge on any atom is 0.123 e. The average Bonchev–Trinajstić information content (AvgIpc) is 2.34. The van der Waals surface area contributed by atoms with Crippen LogP contribution < -0.4 is 10.1 Å². The van der Waals surface area contributed by atoms with Crippen molar-refractivity contribution >= 4 is 15.9 Å². The molecule has 100 valence electrons. The predicted molar refractivity (Wildman–Crippen MR) is 81.4 cm³/mol. The van der Waals surface area contributed by atoms with E-state index < -0.39 is 0 Å². The van der Waals surface area contributed by atoms with Gasteiger partial charge in [0.1, 0.15) is 12.4 Å². The maximum atomic E-state index is 5.85. The molecule has 0 heterocycles. The van der Waals surface area contributed by atoms with Crippen LogP contribution >= 0.6 is 15.9 Å². The molecule has 0 unspecified atom stereocenters. The monoisotopic (exact) mass is 311 g/mol. The van der Waals surface area contributed by atoms with Crippen molar-refractivity contribution in [3.8, 4) is 5.75 Å². The Morgan fingerprint density at radius 3 is 2.78 bits per heavy atom. The fraction of sp³-hybridized carbons (Fsp3) is 0.467. The molecule has 3 heteroatoms. The molecule has 0 saturated heterocycles. The third kappa shape index (κ3) is 4.83. The second-order valence-electron chi connectivity index (χ2n) is 4.66. The van der Waals surface area contributed by atoms with E-state index in [9.17, 15) is 0 Å². The largest absolute Gasteiger partial charge is 0.489 e. The van der Waals surface area contributed by atoms with Gasteiger partial charge in [-0.15, -0.1) is 0 Å². The molecule has 1 aromatic rings. The van der Waals surface area contributed by atoms with Crippen molar-refractivity contribution < 1.29 is 4.74 Å². The molecular formula is C15H22BrNO. The summed E-state index contributed by atoms with van der Waals surface area (Å²) in [5, 5.41) is 3.24. The molecule has 1 aromatic carbocycles. The van der Waals surface area contributed by atoms with Crippen LogP contribution in [0.5, 0.6) is 5.75 Å². The number of nitrogens with one attached hydrogen (secondary N) is 1. The Hall–Kier alpha value is -0.800. The molecule has 0 amide bonds. The highest BCUT2D eigenvalue weighted by Gasteiger charge is 2.08. The summed E-state index contributed by atoms with van der Waals surface area (Å²) in [6.07, 6.45) is 0. The Bertz CT molecular complexity index is 401. The smallest absolute Gasteiger partial charge is 0.123 e. The van der Waals surface area contributed by atoms with E-state index >= 15 is 0 Å². The van der Waals surface area contributed by atoms with Gasteiger partial charge in [-0.1, -0.05) is 43.3 Å². The Morgan fingerprint density at radius 1 is 1.44 bits per heavy atom. The summed E-state index contributed by atoms with van der Waals surface area (Å²) >= 11 is 3.50. The van der Waals surface area contributed by atoms with Gasteiger partial charge in [-0.05, 0) is 41.8 Å². The number of likely N-dealkylation sites (N-methyl/N-ethyl adjacent to an activating group) is 1. The van der Waals surface area contributed by atoms with Crippen LogP contribution in [-0.4, -0.2) is 19.7 Å². The summed E-state index contributed by atoms with van der Waals surface area (Å²) in [6, 6.07) is 6.14. The van der Waals surface area contributed by atoms with Gasteiger partial charge in [-0.2, -0.15) is 0 Å². The molecule has 0 fully saturated rings. The fourth-order valence-corrected chi connectivity index (χ4v) is 2.01. The molecule has 1 N–H and O–H groups in total. The maximum absolute atomic E-state index is 5.85. The third-order valence-electron chi connectivity index (χ3n) is 2.65. The highest BCUT2D eigenvalue weighted by molar-refractivity contribution is 9.10. The van der Waals surface area contributed by atoms with Crippen molar-refractivity contribution in [2.45, 2.75) is 26.7 Å². The third-order valence-corrected chi connectivity index (χ3v) is 3.14. The van der Waals surface area contributed by atoms with E-state index in [2.05, 4.69) is 54.7 Å². The second kappa shape index (κ2) is 7.59. The highest BCUT2D eigenvalue weighted by atomic mass is 79.9. The molecule has 2 nitrogen and oxygen atoms in total. The quantitative estimate of drug-likeness (QED) is 0.765. The van der Waals surface area contributed by atoms with Crippen LogP contribution in [0.25, 0.3) is 0 Å². The first kappa shape index (κ1) is 15.3. The van der Waals surface area contributed by atoms with Crippen LogP contribution in [0.1, 0.15) is 32.3 Å². The molecule has 0 aromatic heterocycles. The molecule has 0 aliphatic heterocycles. The molecule has 0 aliphatic rings. The van der Waals surface area contributed by atoms with Gasteiger partial charge in [0, 0.05) is 11.0 Å². The van der Waals surface area contributed by atoms with Crippen LogP contribution in [0.4, 0.5) is 0 Å². The van der Waals surface area contributed by atoms with Crippen LogP contribution in [-0.2, 0) is 0 Å². The van der Waals surface area contributed by atoms with E-state index in [1.54, 1.807) is 0 Å². The summed E-state index contributed by atoms with van der Waals surface area (Å²) in [5.41, 5.74) is 2.29. The summed E-state index contributed by atoms with van der Waals surface area (Å²) in [4.78, 5) is 0. The number of benzene rings is 1. The van der Waals surface area contributed by atoms with Gasteiger partial charge >= 0.3 is 0 Å². The Labute approximate surface area is 119 Å². The second-order valence-corrected chi connectivity index (χ2v) is 5.57. The minimum absolute atomic E-state index is 0.444. The molecule has 18 heavy (non-hydrogen) atoms. The van der Waals surface area contributed by atoms with E-state index in [4.69, 9.17) is 4.74 Å². The average molecular weight is 312 g/mol. The molecule has 0 saturated carbocycles. The zero-order valence-electron chi connectivity index (χ0n) is 11.4. The van der Waals surface area contributed by atoms with Gasteiger partial charge in [0.05, 0.1) is 0 Å². The van der Waals surface area contributed by atoms with Crippen LogP contribution in [0.2, 0.25) is 0 Å². The van der Waals surface area contributed by atoms with Crippen molar-refractivity contribution in [1.29, 1.82) is 0 Å². The number of ether oxygens (including phenoxy) is 1. The lowest BCUT2D eigenvalue weighted by molar-refractivity contribution is 0.343. The van der Waals surface area contributed by atoms with Crippen molar-refractivity contribution in [3.05, 3.63) is 40.4 Å². The van der Waals surface area contributed by atoms with Gasteiger partial charge in [0.25, 0.3) is 0 Å². The van der Waals surface area contributed by atoms with Gasteiger partial charge in [-0.25, -0.2) is 0 Å². The molecule has 0 aliphatic carbocycles. The SMILES string of the molecule is C=C(CNCC)COc1ccc(Br)cc1C(C)C. The molecule has 1 rings (SSSR count). The van der Waals surface area contributed by atoms with E-state index in [1.165, 1.54) is 5.56 Å². The molecule has 0 bridgehead atoms. The molecule has 0 spiro atoms. The minimum atomic E-state index is 0.444.